The minimum absolute atomic E-state index is 0.00657. The SMILES string of the molecule is COC(=O)C(Cc1cnn(C)c1)N(Cc1ccc(-c2ccccn2)cc1)C(=O)C=Cc1ccccc1C(F)(F)F. The molecular weight excluding hydrogens is 521 g/mol. The number of carbonyl (C=O) groups is 2. The van der Waals surface area contributed by atoms with Crippen LogP contribution in [0.2, 0.25) is 0 Å². The highest BCUT2D eigenvalue weighted by molar-refractivity contribution is 5.95. The Kier molecular flexibility index (Phi) is 8.78. The molecule has 0 saturated carbocycles. The van der Waals surface area contributed by atoms with Crippen LogP contribution in [0.5, 0.6) is 0 Å². The van der Waals surface area contributed by atoms with Crippen molar-refractivity contribution in [3.05, 3.63) is 114 Å². The molecule has 0 radical (unpaired) electrons. The molecule has 0 aliphatic rings. The Labute approximate surface area is 229 Å². The third-order valence-electron chi connectivity index (χ3n) is 6.26. The lowest BCUT2D eigenvalue weighted by atomic mass is 10.0. The third kappa shape index (κ3) is 7.02. The minimum atomic E-state index is -4.59. The number of nitrogens with zero attached hydrogens (tertiary/aromatic N) is 4. The van der Waals surface area contributed by atoms with Crippen molar-refractivity contribution >= 4 is 18.0 Å². The molecule has 0 bridgehead atoms. The molecule has 0 aliphatic carbocycles. The molecule has 1 unspecified atom stereocenters. The monoisotopic (exact) mass is 548 g/mol. The van der Waals surface area contributed by atoms with E-state index in [-0.39, 0.29) is 18.5 Å². The summed E-state index contributed by atoms with van der Waals surface area (Å²) in [7, 11) is 2.95. The van der Waals surface area contributed by atoms with E-state index in [4.69, 9.17) is 4.74 Å². The zero-order valence-electron chi connectivity index (χ0n) is 21.9. The Morgan fingerprint density at radius 1 is 1.02 bits per heavy atom. The van der Waals surface area contributed by atoms with E-state index in [2.05, 4.69) is 10.1 Å². The average molecular weight is 549 g/mol. The Morgan fingerprint density at radius 3 is 2.38 bits per heavy atom. The lowest BCUT2D eigenvalue weighted by Crippen LogP contribution is -2.46. The zero-order chi connectivity index (χ0) is 28.7. The topological polar surface area (TPSA) is 77.3 Å². The van der Waals surface area contributed by atoms with Gasteiger partial charge in [0.1, 0.15) is 6.04 Å². The Balaban J connectivity index is 1.67. The number of pyridine rings is 1. The molecule has 0 N–H and O–H groups in total. The number of halogens is 3. The van der Waals surface area contributed by atoms with Gasteiger partial charge in [0.25, 0.3) is 0 Å². The van der Waals surface area contributed by atoms with Crippen LogP contribution in [-0.4, -0.2) is 44.7 Å². The van der Waals surface area contributed by atoms with Gasteiger partial charge >= 0.3 is 12.1 Å². The van der Waals surface area contributed by atoms with Crippen molar-refractivity contribution in [1.29, 1.82) is 0 Å². The average Bonchev–Trinajstić information content (AvgIpc) is 3.38. The number of rotatable bonds is 9. The van der Waals surface area contributed by atoms with Gasteiger partial charge < -0.3 is 9.64 Å². The van der Waals surface area contributed by atoms with Gasteiger partial charge in [0.05, 0.1) is 24.6 Å². The Bertz CT molecular complexity index is 1480. The van der Waals surface area contributed by atoms with E-state index in [1.807, 2.05) is 42.5 Å². The summed E-state index contributed by atoms with van der Waals surface area (Å²) in [6.07, 6.45) is 2.66. The minimum Gasteiger partial charge on any atom is -0.467 e. The first-order valence-corrected chi connectivity index (χ1v) is 12.4. The molecule has 10 heteroatoms. The molecule has 0 fully saturated rings. The fourth-order valence-corrected chi connectivity index (χ4v) is 4.27. The van der Waals surface area contributed by atoms with Crippen LogP contribution in [0.25, 0.3) is 17.3 Å². The van der Waals surface area contributed by atoms with Crippen LogP contribution in [0.1, 0.15) is 22.3 Å². The summed E-state index contributed by atoms with van der Waals surface area (Å²) in [5.74, 6) is -1.31. The van der Waals surface area contributed by atoms with Gasteiger partial charge in [-0.1, -0.05) is 48.5 Å². The van der Waals surface area contributed by atoms with Crippen molar-refractivity contribution in [3.8, 4) is 11.3 Å². The van der Waals surface area contributed by atoms with E-state index in [1.54, 1.807) is 30.3 Å². The van der Waals surface area contributed by atoms with E-state index in [1.165, 1.54) is 30.2 Å². The van der Waals surface area contributed by atoms with Crippen LogP contribution in [0.4, 0.5) is 13.2 Å². The van der Waals surface area contributed by atoms with Crippen molar-refractivity contribution in [3.63, 3.8) is 0 Å². The van der Waals surface area contributed by atoms with Crippen molar-refractivity contribution in [2.75, 3.05) is 7.11 Å². The number of alkyl halides is 3. The highest BCUT2D eigenvalue weighted by atomic mass is 19.4. The maximum Gasteiger partial charge on any atom is 0.416 e. The van der Waals surface area contributed by atoms with Gasteiger partial charge in [-0.25, -0.2) is 4.79 Å². The molecule has 1 amide bonds. The molecule has 4 aromatic rings. The van der Waals surface area contributed by atoms with Gasteiger partial charge in [0.15, 0.2) is 0 Å². The molecule has 40 heavy (non-hydrogen) atoms. The molecule has 4 rings (SSSR count). The second-order valence-corrected chi connectivity index (χ2v) is 9.06. The Morgan fingerprint density at radius 2 is 1.75 bits per heavy atom. The number of hydrogen-bond acceptors (Lipinski definition) is 5. The number of hydrogen-bond donors (Lipinski definition) is 0. The quantitative estimate of drug-likeness (QED) is 0.209. The number of carbonyl (C=O) groups excluding carboxylic acids is 2. The lowest BCUT2D eigenvalue weighted by Gasteiger charge is -2.29. The van der Waals surface area contributed by atoms with E-state index >= 15 is 0 Å². The molecular formula is C30H27F3N4O3. The highest BCUT2D eigenvalue weighted by Crippen LogP contribution is 2.32. The second-order valence-electron chi connectivity index (χ2n) is 9.06. The largest absolute Gasteiger partial charge is 0.467 e. The molecule has 2 aromatic heterocycles. The molecule has 0 spiro atoms. The molecule has 0 saturated heterocycles. The summed E-state index contributed by atoms with van der Waals surface area (Å²) in [4.78, 5) is 32.1. The highest BCUT2D eigenvalue weighted by Gasteiger charge is 2.33. The van der Waals surface area contributed by atoms with Gasteiger partial charge in [-0.15, -0.1) is 0 Å². The van der Waals surface area contributed by atoms with Crippen LogP contribution in [-0.2, 0) is 40.5 Å². The number of esters is 1. The maximum atomic E-state index is 13.5. The standard InChI is InChI=1S/C30H27F3N4O3/c1-36-19-22(18-35-36)17-27(29(39)40-2)37(20-21-10-12-24(13-11-21)26-9-5-6-16-34-26)28(38)15-14-23-7-3-4-8-25(23)30(31,32)33/h3-16,18-19,27H,17,20H2,1-2H3. The van der Waals surface area contributed by atoms with Crippen LogP contribution in [0, 0.1) is 0 Å². The van der Waals surface area contributed by atoms with Crippen LogP contribution in [0.3, 0.4) is 0 Å². The number of aryl methyl sites for hydroxylation is 1. The summed E-state index contributed by atoms with van der Waals surface area (Å²) >= 11 is 0. The molecule has 2 heterocycles. The number of aromatic nitrogens is 3. The first-order chi connectivity index (χ1) is 19.2. The molecule has 206 valence electrons. The second kappa shape index (κ2) is 12.4. The van der Waals surface area contributed by atoms with E-state index in [9.17, 15) is 22.8 Å². The van der Waals surface area contributed by atoms with Gasteiger partial charge in [-0.2, -0.15) is 18.3 Å². The number of benzene rings is 2. The van der Waals surface area contributed by atoms with Crippen molar-refractivity contribution in [1.82, 2.24) is 19.7 Å². The number of ether oxygens (including phenoxy) is 1. The van der Waals surface area contributed by atoms with Gasteiger partial charge in [0.2, 0.25) is 5.91 Å². The number of methoxy groups -OCH3 is 1. The van der Waals surface area contributed by atoms with Crippen LogP contribution < -0.4 is 0 Å². The third-order valence-corrected chi connectivity index (χ3v) is 6.26. The van der Waals surface area contributed by atoms with E-state index in [0.717, 1.165) is 29.5 Å². The molecule has 1 atom stereocenters. The molecule has 7 nitrogen and oxygen atoms in total. The maximum absolute atomic E-state index is 13.5. The predicted molar refractivity (Wildman–Crippen MR) is 143 cm³/mol. The normalized spacial score (nSPS) is 12.3. The summed E-state index contributed by atoms with van der Waals surface area (Å²) in [5.41, 5.74) is 2.01. The van der Waals surface area contributed by atoms with Crippen LogP contribution in [0.15, 0.2) is 91.4 Å². The lowest BCUT2D eigenvalue weighted by molar-refractivity contribution is -0.151. The first-order valence-electron chi connectivity index (χ1n) is 12.4. The molecule has 2 aromatic carbocycles. The van der Waals surface area contributed by atoms with Crippen molar-refractivity contribution in [2.24, 2.45) is 7.05 Å². The summed E-state index contributed by atoms with van der Waals surface area (Å²) < 4.78 is 47.1. The fourth-order valence-electron chi connectivity index (χ4n) is 4.27. The molecule has 0 aliphatic heterocycles. The predicted octanol–water partition coefficient (Wildman–Crippen LogP) is 5.33. The summed E-state index contributed by atoms with van der Waals surface area (Å²) in [6, 6.07) is 16.8. The van der Waals surface area contributed by atoms with E-state index in [0.29, 0.717) is 11.1 Å². The van der Waals surface area contributed by atoms with Crippen molar-refractivity contribution in [2.45, 2.75) is 25.2 Å². The van der Waals surface area contributed by atoms with E-state index < -0.39 is 29.7 Å². The first kappa shape index (κ1) is 28.3. The smallest absolute Gasteiger partial charge is 0.416 e. The zero-order valence-corrected chi connectivity index (χ0v) is 21.9. The number of amides is 1. The van der Waals surface area contributed by atoms with Gasteiger partial charge in [-0.3, -0.25) is 14.5 Å². The Hall–Kier alpha value is -4.73. The van der Waals surface area contributed by atoms with Gasteiger partial charge in [0, 0.05) is 44.0 Å². The fraction of sp³-hybridized carbons (Fsp3) is 0.200. The van der Waals surface area contributed by atoms with Crippen LogP contribution >= 0.6 is 0 Å². The summed E-state index contributed by atoms with van der Waals surface area (Å²) in [5, 5.41) is 4.12. The van der Waals surface area contributed by atoms with Crippen molar-refractivity contribution < 1.29 is 27.5 Å². The summed E-state index contributed by atoms with van der Waals surface area (Å²) in [6.45, 7) is 0.00657. The van der Waals surface area contributed by atoms with Gasteiger partial charge in [-0.05, 0) is 41.0 Å².